The van der Waals surface area contributed by atoms with Crippen molar-refractivity contribution < 1.29 is 14.4 Å². The van der Waals surface area contributed by atoms with Gasteiger partial charge in [0.05, 0.1) is 6.04 Å². The molecule has 0 radical (unpaired) electrons. The number of benzene rings is 1. The molecule has 2 N–H and O–H groups in total. The molecule has 1 aliphatic heterocycles. The van der Waals surface area contributed by atoms with Crippen molar-refractivity contribution in [1.29, 1.82) is 0 Å². The third-order valence-electron chi connectivity index (χ3n) is 5.86. The van der Waals surface area contributed by atoms with Gasteiger partial charge in [0, 0.05) is 16.2 Å². The first kappa shape index (κ1) is 17.6. The van der Waals surface area contributed by atoms with E-state index in [0.717, 1.165) is 5.56 Å². The fraction of sp³-hybridized carbons (Fsp3) is 0.550. The summed E-state index contributed by atoms with van der Waals surface area (Å²) in [7, 11) is 0. The quantitative estimate of drug-likeness (QED) is 0.829. The number of imide groups is 1. The highest BCUT2D eigenvalue weighted by molar-refractivity contribution is 6.04. The molecule has 1 saturated carbocycles. The molecule has 2 fully saturated rings. The lowest BCUT2D eigenvalue weighted by atomic mass is 9.52. The zero-order chi connectivity index (χ0) is 18.5. The molecule has 3 unspecified atom stereocenters. The number of hydrogen-bond acceptors (Lipinski definition) is 3. The van der Waals surface area contributed by atoms with Crippen LogP contribution >= 0.6 is 0 Å². The zero-order valence-corrected chi connectivity index (χ0v) is 15.3. The van der Waals surface area contributed by atoms with Crippen LogP contribution in [-0.4, -0.2) is 17.7 Å². The van der Waals surface area contributed by atoms with E-state index < -0.39 is 16.2 Å². The second kappa shape index (κ2) is 5.68. The summed E-state index contributed by atoms with van der Waals surface area (Å²) in [4.78, 5) is 37.8. The van der Waals surface area contributed by atoms with Crippen molar-refractivity contribution in [3.05, 3.63) is 35.9 Å². The molecule has 1 aliphatic carbocycles. The number of piperidine rings is 1. The molecule has 0 aromatic heterocycles. The molecule has 1 saturated heterocycles. The van der Waals surface area contributed by atoms with E-state index in [2.05, 4.69) is 10.6 Å². The van der Waals surface area contributed by atoms with Crippen molar-refractivity contribution in [2.45, 2.75) is 53.0 Å². The van der Waals surface area contributed by atoms with Gasteiger partial charge >= 0.3 is 0 Å². The minimum absolute atomic E-state index is 0.0940. The van der Waals surface area contributed by atoms with Crippen molar-refractivity contribution in [2.75, 3.05) is 0 Å². The summed E-state index contributed by atoms with van der Waals surface area (Å²) in [5.74, 6) is -0.613. The van der Waals surface area contributed by atoms with Crippen LogP contribution in [0.4, 0.5) is 0 Å². The Kier molecular flexibility index (Phi) is 4.01. The summed E-state index contributed by atoms with van der Waals surface area (Å²) in [6.07, 6.45) is 1.39. The van der Waals surface area contributed by atoms with Crippen LogP contribution in [0.2, 0.25) is 0 Å². The molecule has 3 rings (SSSR count). The molecule has 1 aromatic carbocycles. The van der Waals surface area contributed by atoms with Gasteiger partial charge in [0.1, 0.15) is 0 Å². The van der Waals surface area contributed by atoms with Crippen LogP contribution in [0.5, 0.6) is 0 Å². The first-order valence-corrected chi connectivity index (χ1v) is 8.80. The smallest absolute Gasteiger partial charge is 0.232 e. The highest BCUT2D eigenvalue weighted by Crippen LogP contribution is 2.56. The summed E-state index contributed by atoms with van der Waals surface area (Å²) in [5.41, 5.74) is -1.11. The van der Waals surface area contributed by atoms with E-state index in [0.29, 0.717) is 19.3 Å². The Morgan fingerprint density at radius 1 is 1.00 bits per heavy atom. The number of carbonyl (C=O) groups is 3. The highest BCUT2D eigenvalue weighted by Gasteiger charge is 2.60. The van der Waals surface area contributed by atoms with Crippen LogP contribution in [0.25, 0.3) is 0 Å². The third kappa shape index (κ3) is 2.96. The molecule has 0 spiro atoms. The van der Waals surface area contributed by atoms with E-state index in [1.165, 1.54) is 0 Å². The summed E-state index contributed by atoms with van der Waals surface area (Å²) < 4.78 is 0. The molecule has 5 nitrogen and oxygen atoms in total. The Labute approximate surface area is 148 Å². The number of carbonyl (C=O) groups excluding carboxylic acids is 3. The summed E-state index contributed by atoms with van der Waals surface area (Å²) >= 11 is 0. The molecule has 1 aromatic rings. The van der Waals surface area contributed by atoms with Crippen LogP contribution < -0.4 is 10.6 Å². The molecule has 3 atom stereocenters. The van der Waals surface area contributed by atoms with Crippen molar-refractivity contribution >= 4 is 17.7 Å². The van der Waals surface area contributed by atoms with Gasteiger partial charge < -0.3 is 5.32 Å². The van der Waals surface area contributed by atoms with Crippen LogP contribution in [0.15, 0.2) is 30.3 Å². The molecule has 5 heteroatoms. The van der Waals surface area contributed by atoms with Gasteiger partial charge in [-0.15, -0.1) is 0 Å². The lowest BCUT2D eigenvalue weighted by Crippen LogP contribution is -2.63. The largest absolute Gasteiger partial charge is 0.349 e. The molecule has 2 bridgehead atoms. The molecule has 134 valence electrons. The lowest BCUT2D eigenvalue weighted by molar-refractivity contribution is -0.164. The topological polar surface area (TPSA) is 75.3 Å². The molecule has 1 heterocycles. The van der Waals surface area contributed by atoms with Gasteiger partial charge in [0.15, 0.2) is 0 Å². The molecular formula is C20H26N2O3. The average Bonchev–Trinajstić information content (AvgIpc) is 2.53. The van der Waals surface area contributed by atoms with E-state index in [9.17, 15) is 14.4 Å². The predicted octanol–water partition coefficient (Wildman–Crippen LogP) is 2.72. The number of hydrogen-bond donors (Lipinski definition) is 2. The van der Waals surface area contributed by atoms with E-state index >= 15 is 0 Å². The summed E-state index contributed by atoms with van der Waals surface area (Å²) in [6.45, 7) is 7.54. The lowest BCUT2D eigenvalue weighted by Gasteiger charge is -2.53. The SMILES string of the molecule is CC(NC(=O)C1(C)CC2(C)CC(C)(C1)C(=O)NC2=O)c1ccccc1. The van der Waals surface area contributed by atoms with Gasteiger partial charge in [0.25, 0.3) is 0 Å². The standard InChI is InChI=1S/C20H26N2O3/c1-13(14-8-6-5-7-9-14)21-15(23)18(2)10-19(3)12-20(4,11-18)17(25)22-16(19)24/h5-9,13H,10-12H2,1-4H3,(H,21,23)(H,22,24,25). The number of amides is 3. The highest BCUT2D eigenvalue weighted by atomic mass is 16.2. The van der Waals surface area contributed by atoms with Gasteiger partial charge in [-0.05, 0) is 31.7 Å². The van der Waals surface area contributed by atoms with E-state index in [1.807, 2.05) is 58.0 Å². The Balaban J connectivity index is 1.84. The minimum atomic E-state index is -0.752. The molecule has 3 amide bonds. The first-order chi connectivity index (χ1) is 11.6. The summed E-state index contributed by atoms with van der Waals surface area (Å²) in [6, 6.07) is 9.64. The number of fused-ring (bicyclic) bond motifs is 2. The van der Waals surface area contributed by atoms with Gasteiger partial charge in [-0.1, -0.05) is 51.1 Å². The fourth-order valence-electron chi connectivity index (χ4n) is 4.85. The number of rotatable bonds is 3. The van der Waals surface area contributed by atoms with Crippen LogP contribution in [0.1, 0.15) is 58.6 Å². The fourth-order valence-corrected chi connectivity index (χ4v) is 4.85. The van der Waals surface area contributed by atoms with Gasteiger partial charge in [0.2, 0.25) is 17.7 Å². The van der Waals surface area contributed by atoms with Crippen molar-refractivity contribution in [3.8, 4) is 0 Å². The van der Waals surface area contributed by atoms with E-state index in [4.69, 9.17) is 0 Å². The van der Waals surface area contributed by atoms with E-state index in [1.54, 1.807) is 0 Å². The Bertz CT molecular complexity index is 702. The maximum atomic E-state index is 13.1. The van der Waals surface area contributed by atoms with Crippen LogP contribution in [-0.2, 0) is 14.4 Å². The first-order valence-electron chi connectivity index (χ1n) is 8.80. The normalized spacial score (nSPS) is 35.7. The minimum Gasteiger partial charge on any atom is -0.349 e. The molecule has 25 heavy (non-hydrogen) atoms. The average molecular weight is 342 g/mol. The number of nitrogens with one attached hydrogen (secondary N) is 2. The van der Waals surface area contributed by atoms with Crippen molar-refractivity contribution in [3.63, 3.8) is 0 Å². The molecule has 2 aliphatic rings. The monoisotopic (exact) mass is 342 g/mol. The summed E-state index contributed by atoms with van der Waals surface area (Å²) in [5, 5.41) is 5.57. The maximum absolute atomic E-state index is 13.1. The van der Waals surface area contributed by atoms with Gasteiger partial charge in [-0.2, -0.15) is 0 Å². The molecular weight excluding hydrogens is 316 g/mol. The van der Waals surface area contributed by atoms with Crippen molar-refractivity contribution in [2.24, 2.45) is 16.2 Å². The van der Waals surface area contributed by atoms with Crippen molar-refractivity contribution in [1.82, 2.24) is 10.6 Å². The van der Waals surface area contributed by atoms with Crippen LogP contribution in [0.3, 0.4) is 0 Å². The Hall–Kier alpha value is -2.17. The van der Waals surface area contributed by atoms with Crippen LogP contribution in [0, 0.1) is 16.2 Å². The maximum Gasteiger partial charge on any atom is 0.232 e. The van der Waals surface area contributed by atoms with Gasteiger partial charge in [-0.25, -0.2) is 0 Å². The van der Waals surface area contributed by atoms with Gasteiger partial charge in [-0.3, -0.25) is 19.7 Å². The second-order valence-corrected chi connectivity index (χ2v) is 8.60. The zero-order valence-electron chi connectivity index (χ0n) is 15.3. The van der Waals surface area contributed by atoms with E-state index in [-0.39, 0.29) is 23.8 Å². The Morgan fingerprint density at radius 3 is 2.04 bits per heavy atom. The predicted molar refractivity (Wildman–Crippen MR) is 94.3 cm³/mol. The second-order valence-electron chi connectivity index (χ2n) is 8.60. The Morgan fingerprint density at radius 2 is 1.52 bits per heavy atom. The third-order valence-corrected chi connectivity index (χ3v) is 5.86.